The Morgan fingerprint density at radius 1 is 1.09 bits per heavy atom. The average molecular weight is 330 g/mol. The summed E-state index contributed by atoms with van der Waals surface area (Å²) in [6.07, 6.45) is 1.46. The van der Waals surface area contributed by atoms with E-state index in [0.29, 0.717) is 5.69 Å². The first-order valence-electron chi connectivity index (χ1n) is 7.12. The van der Waals surface area contributed by atoms with E-state index >= 15 is 0 Å². The molecule has 0 fully saturated rings. The van der Waals surface area contributed by atoms with Crippen LogP contribution in [0.25, 0.3) is 0 Å². The van der Waals surface area contributed by atoms with Crippen LogP contribution in [0.2, 0.25) is 0 Å². The number of hydrogen-bond donors (Lipinski definition) is 1. The van der Waals surface area contributed by atoms with Gasteiger partial charge in [0.15, 0.2) is 9.84 Å². The summed E-state index contributed by atoms with van der Waals surface area (Å²) >= 11 is 0. The van der Waals surface area contributed by atoms with Crippen LogP contribution in [-0.4, -0.2) is 28.8 Å². The zero-order valence-electron chi connectivity index (χ0n) is 14.6. The van der Waals surface area contributed by atoms with Crippen molar-refractivity contribution in [1.82, 2.24) is 4.98 Å². The van der Waals surface area contributed by atoms with Gasteiger partial charge in [-0.05, 0) is 34.6 Å². The molecule has 0 bridgehead atoms. The molecule has 6 nitrogen and oxygen atoms in total. The molecule has 1 N–H and O–H groups in total. The highest BCUT2D eigenvalue weighted by atomic mass is 32.2. The second kappa shape index (κ2) is 5.37. The van der Waals surface area contributed by atoms with Crippen molar-refractivity contribution >= 4 is 21.8 Å². The van der Waals surface area contributed by atoms with Crippen molar-refractivity contribution in [3.05, 3.63) is 12.0 Å². The molecule has 1 aromatic rings. The smallest absolute Gasteiger partial charge is 0.301 e. The summed E-state index contributed by atoms with van der Waals surface area (Å²) in [4.78, 5) is 16.6. The second-order valence-corrected chi connectivity index (χ2v) is 11.1. The largest absolute Gasteiger partial charge is 0.432 e. The quantitative estimate of drug-likeness (QED) is 0.920. The van der Waals surface area contributed by atoms with Gasteiger partial charge in [-0.25, -0.2) is 8.42 Å². The number of sulfone groups is 1. The maximum atomic E-state index is 12.6. The molecule has 0 radical (unpaired) electrons. The van der Waals surface area contributed by atoms with Gasteiger partial charge in [0.05, 0.1) is 10.4 Å². The van der Waals surface area contributed by atoms with E-state index in [2.05, 4.69) is 10.3 Å². The van der Waals surface area contributed by atoms with Crippen molar-refractivity contribution in [2.45, 2.75) is 70.3 Å². The summed E-state index contributed by atoms with van der Waals surface area (Å²) in [7, 11) is -3.70. The molecule has 0 aliphatic carbocycles. The number of carbonyl (C=O) groups is 1. The molecule has 1 rings (SSSR count). The van der Waals surface area contributed by atoms with Crippen molar-refractivity contribution in [1.29, 1.82) is 0 Å². The average Bonchev–Trinajstić information content (AvgIpc) is 2.75. The van der Waals surface area contributed by atoms with Crippen molar-refractivity contribution in [3.63, 3.8) is 0 Å². The van der Waals surface area contributed by atoms with E-state index < -0.39 is 25.2 Å². The van der Waals surface area contributed by atoms with Crippen molar-refractivity contribution in [2.75, 3.05) is 5.32 Å². The standard InChI is InChI=1S/C15H26N2O4S/c1-13(2,3)10-9-21-12(16-10)17-11(18)15(7,8)22(19,20)14(4,5)6/h9H,1-8H3,(H,16,17,18). The molecule has 0 aliphatic heterocycles. The Morgan fingerprint density at radius 3 is 1.95 bits per heavy atom. The molecule has 1 heterocycles. The van der Waals surface area contributed by atoms with Crippen molar-refractivity contribution < 1.29 is 17.6 Å². The van der Waals surface area contributed by atoms with Crippen LogP contribution in [0.4, 0.5) is 6.01 Å². The van der Waals surface area contributed by atoms with E-state index in [4.69, 9.17) is 4.42 Å². The SMILES string of the molecule is CC(C)(C)c1coc(NC(=O)C(C)(C)S(=O)(=O)C(C)(C)C)n1. The lowest BCUT2D eigenvalue weighted by Crippen LogP contribution is -2.51. The Morgan fingerprint density at radius 2 is 1.59 bits per heavy atom. The predicted octanol–water partition coefficient (Wildman–Crippen LogP) is 2.90. The highest BCUT2D eigenvalue weighted by molar-refractivity contribution is 7.94. The molecule has 0 unspecified atom stereocenters. The number of nitrogens with zero attached hydrogens (tertiary/aromatic N) is 1. The van der Waals surface area contributed by atoms with Crippen LogP contribution in [0.5, 0.6) is 0 Å². The Hall–Kier alpha value is -1.37. The minimum Gasteiger partial charge on any atom is -0.432 e. The third-order valence-corrected chi connectivity index (χ3v) is 6.66. The number of amides is 1. The maximum absolute atomic E-state index is 12.6. The van der Waals surface area contributed by atoms with Crippen LogP contribution in [-0.2, 0) is 20.0 Å². The monoisotopic (exact) mass is 330 g/mol. The molecule has 0 saturated carbocycles. The van der Waals surface area contributed by atoms with E-state index in [-0.39, 0.29) is 11.4 Å². The Labute approximate surface area is 132 Å². The minimum atomic E-state index is -3.70. The van der Waals surface area contributed by atoms with Gasteiger partial charge in [-0.15, -0.1) is 0 Å². The molecular formula is C15H26N2O4S. The third kappa shape index (κ3) is 3.34. The second-order valence-electron chi connectivity index (χ2n) is 7.87. The van der Waals surface area contributed by atoms with Crippen LogP contribution >= 0.6 is 0 Å². The molecule has 0 saturated heterocycles. The Balaban J connectivity index is 3.05. The van der Waals surface area contributed by atoms with Crippen molar-refractivity contribution in [2.24, 2.45) is 0 Å². The highest BCUT2D eigenvalue weighted by Gasteiger charge is 2.48. The topological polar surface area (TPSA) is 89.3 Å². The van der Waals surface area contributed by atoms with Gasteiger partial charge in [0, 0.05) is 5.41 Å². The molecule has 126 valence electrons. The number of aromatic nitrogens is 1. The molecule has 0 aromatic carbocycles. The lowest BCUT2D eigenvalue weighted by Gasteiger charge is -2.31. The molecule has 1 aromatic heterocycles. The number of carbonyl (C=O) groups excluding carboxylic acids is 1. The van der Waals surface area contributed by atoms with Crippen LogP contribution in [0.15, 0.2) is 10.7 Å². The fraction of sp³-hybridized carbons (Fsp3) is 0.733. The Kier molecular flexibility index (Phi) is 4.56. The van der Waals surface area contributed by atoms with Gasteiger partial charge in [-0.1, -0.05) is 20.8 Å². The lowest BCUT2D eigenvalue weighted by molar-refractivity contribution is -0.118. The van der Waals surface area contributed by atoms with E-state index in [9.17, 15) is 13.2 Å². The first kappa shape index (κ1) is 18.7. The van der Waals surface area contributed by atoms with Gasteiger partial charge >= 0.3 is 6.01 Å². The zero-order chi connectivity index (χ0) is 17.6. The van der Waals surface area contributed by atoms with Crippen LogP contribution in [0, 0.1) is 0 Å². The molecular weight excluding hydrogens is 304 g/mol. The van der Waals surface area contributed by atoms with Gasteiger partial charge in [-0.2, -0.15) is 4.98 Å². The van der Waals surface area contributed by atoms with Gasteiger partial charge < -0.3 is 4.42 Å². The van der Waals surface area contributed by atoms with Crippen LogP contribution in [0.3, 0.4) is 0 Å². The van der Waals surface area contributed by atoms with Gasteiger partial charge in [0.25, 0.3) is 0 Å². The van der Waals surface area contributed by atoms with Crippen LogP contribution < -0.4 is 5.32 Å². The zero-order valence-corrected chi connectivity index (χ0v) is 15.4. The molecule has 0 aliphatic rings. The summed E-state index contributed by atoms with van der Waals surface area (Å²) in [6.45, 7) is 13.4. The molecule has 0 atom stereocenters. The molecule has 22 heavy (non-hydrogen) atoms. The number of rotatable bonds is 3. The predicted molar refractivity (Wildman–Crippen MR) is 86.6 cm³/mol. The molecule has 0 spiro atoms. The number of nitrogens with one attached hydrogen (secondary N) is 1. The summed E-state index contributed by atoms with van der Waals surface area (Å²) in [6, 6.07) is 0.00658. The van der Waals surface area contributed by atoms with E-state index in [1.807, 2.05) is 20.8 Å². The number of anilines is 1. The van der Waals surface area contributed by atoms with E-state index in [0.717, 1.165) is 0 Å². The lowest BCUT2D eigenvalue weighted by atomic mass is 9.93. The normalized spacial score (nSPS) is 14.0. The summed E-state index contributed by atoms with van der Waals surface area (Å²) < 4.78 is 27.7. The molecule has 7 heteroatoms. The number of oxazole rings is 1. The highest BCUT2D eigenvalue weighted by Crippen LogP contribution is 2.30. The summed E-state index contributed by atoms with van der Waals surface area (Å²) in [5.74, 6) is -0.662. The van der Waals surface area contributed by atoms with Gasteiger partial charge in [0.1, 0.15) is 11.0 Å². The third-order valence-electron chi connectivity index (χ3n) is 3.52. The minimum absolute atomic E-state index is 0.00658. The van der Waals surface area contributed by atoms with E-state index in [1.165, 1.54) is 20.1 Å². The van der Waals surface area contributed by atoms with Gasteiger partial charge in [-0.3, -0.25) is 10.1 Å². The fourth-order valence-electron chi connectivity index (χ4n) is 1.81. The van der Waals surface area contributed by atoms with Crippen molar-refractivity contribution in [3.8, 4) is 0 Å². The molecule has 1 amide bonds. The fourth-order valence-corrected chi connectivity index (χ4v) is 3.64. The summed E-state index contributed by atoms with van der Waals surface area (Å²) in [5.41, 5.74) is 0.457. The Bertz CT molecular complexity index is 658. The first-order valence-corrected chi connectivity index (χ1v) is 8.60. The summed E-state index contributed by atoms with van der Waals surface area (Å²) in [5, 5.41) is 2.46. The maximum Gasteiger partial charge on any atom is 0.301 e. The van der Waals surface area contributed by atoms with E-state index in [1.54, 1.807) is 20.8 Å². The first-order chi connectivity index (χ1) is 9.60. The number of hydrogen-bond acceptors (Lipinski definition) is 5. The van der Waals surface area contributed by atoms with Gasteiger partial charge in [0.2, 0.25) is 5.91 Å². The van der Waals surface area contributed by atoms with Crippen LogP contribution in [0.1, 0.15) is 61.1 Å².